The molecule has 4 heteroatoms. The van der Waals surface area contributed by atoms with Gasteiger partial charge in [-0.25, -0.2) is 0 Å². The van der Waals surface area contributed by atoms with Crippen molar-refractivity contribution in [3.8, 4) is 0 Å². The van der Waals surface area contributed by atoms with Crippen LogP contribution in [0.3, 0.4) is 0 Å². The normalized spacial score (nSPS) is 20.9. The van der Waals surface area contributed by atoms with Crippen LogP contribution >= 0.6 is 0 Å². The highest BCUT2D eigenvalue weighted by Gasteiger charge is 2.22. The first-order chi connectivity index (χ1) is 7.66. The molecule has 0 aliphatic carbocycles. The molecule has 1 fully saturated rings. The molecule has 0 radical (unpaired) electrons. The molecule has 0 bridgehead atoms. The van der Waals surface area contributed by atoms with Crippen LogP contribution in [0.1, 0.15) is 28.9 Å². The Morgan fingerprint density at radius 2 is 2.38 bits per heavy atom. The number of aromatic nitrogens is 1. The van der Waals surface area contributed by atoms with E-state index in [1.807, 2.05) is 13.0 Å². The van der Waals surface area contributed by atoms with Crippen molar-refractivity contribution in [1.29, 1.82) is 0 Å². The number of carbonyl (C=O) groups excluding carboxylic acids is 1. The summed E-state index contributed by atoms with van der Waals surface area (Å²) in [6.45, 7) is 3.05. The highest BCUT2D eigenvalue weighted by Crippen LogP contribution is 2.13. The average molecular weight is 220 g/mol. The van der Waals surface area contributed by atoms with Crippen LogP contribution < -0.4 is 0 Å². The molecule has 1 amide bonds. The number of β-amino-alcohol motifs (C(OH)–C–C–N with tert-alkyl or cyclic N) is 1. The van der Waals surface area contributed by atoms with Gasteiger partial charge < -0.3 is 10.0 Å². The van der Waals surface area contributed by atoms with Crippen LogP contribution in [0.4, 0.5) is 0 Å². The smallest absolute Gasteiger partial charge is 0.255 e. The van der Waals surface area contributed by atoms with Gasteiger partial charge in [-0.3, -0.25) is 9.78 Å². The van der Waals surface area contributed by atoms with E-state index in [0.29, 0.717) is 12.1 Å². The summed E-state index contributed by atoms with van der Waals surface area (Å²) in [6.07, 6.45) is 2.87. The van der Waals surface area contributed by atoms with Crippen molar-refractivity contribution in [2.24, 2.45) is 0 Å². The molecule has 0 aromatic carbocycles. The minimum absolute atomic E-state index is 0.0359. The molecule has 16 heavy (non-hydrogen) atoms. The Kier molecular flexibility index (Phi) is 3.19. The van der Waals surface area contributed by atoms with Crippen molar-refractivity contribution in [2.75, 3.05) is 13.1 Å². The van der Waals surface area contributed by atoms with E-state index in [2.05, 4.69) is 4.98 Å². The number of aliphatic hydroxyl groups is 1. The molecule has 2 heterocycles. The fraction of sp³-hybridized carbons (Fsp3) is 0.500. The van der Waals surface area contributed by atoms with E-state index < -0.39 is 0 Å². The molecule has 1 aromatic rings. The van der Waals surface area contributed by atoms with Gasteiger partial charge in [-0.15, -0.1) is 0 Å². The van der Waals surface area contributed by atoms with Crippen molar-refractivity contribution in [1.82, 2.24) is 9.88 Å². The summed E-state index contributed by atoms with van der Waals surface area (Å²) < 4.78 is 0. The molecule has 1 aromatic heterocycles. The Hall–Kier alpha value is -1.42. The van der Waals surface area contributed by atoms with Gasteiger partial charge in [0.05, 0.1) is 11.7 Å². The lowest BCUT2D eigenvalue weighted by Crippen LogP contribution is -2.42. The monoisotopic (exact) mass is 220 g/mol. The second-order valence-corrected chi connectivity index (χ2v) is 4.24. The van der Waals surface area contributed by atoms with Gasteiger partial charge in [0.25, 0.3) is 5.91 Å². The van der Waals surface area contributed by atoms with Crippen LogP contribution in [-0.2, 0) is 0 Å². The minimum atomic E-state index is -0.379. The molecule has 0 saturated carbocycles. The van der Waals surface area contributed by atoms with Gasteiger partial charge in [0.15, 0.2) is 0 Å². The maximum Gasteiger partial charge on any atom is 0.255 e. The van der Waals surface area contributed by atoms with Gasteiger partial charge in [-0.05, 0) is 31.9 Å². The number of likely N-dealkylation sites (tertiary alicyclic amines) is 1. The molecule has 0 spiro atoms. The van der Waals surface area contributed by atoms with Crippen molar-refractivity contribution in [3.05, 3.63) is 29.6 Å². The van der Waals surface area contributed by atoms with Crippen molar-refractivity contribution >= 4 is 5.91 Å². The van der Waals surface area contributed by atoms with Crippen LogP contribution in [0.5, 0.6) is 0 Å². The number of amides is 1. The SMILES string of the molecule is Cc1ccc(C(=O)N2CCCC(O)C2)cn1. The predicted octanol–water partition coefficient (Wildman–Crippen LogP) is 0.987. The van der Waals surface area contributed by atoms with E-state index in [1.165, 1.54) is 0 Å². The van der Waals surface area contributed by atoms with E-state index >= 15 is 0 Å². The lowest BCUT2D eigenvalue weighted by molar-refractivity contribution is 0.0473. The third-order valence-corrected chi connectivity index (χ3v) is 2.84. The van der Waals surface area contributed by atoms with E-state index in [4.69, 9.17) is 0 Å². The maximum absolute atomic E-state index is 12.0. The Morgan fingerprint density at radius 1 is 1.56 bits per heavy atom. The zero-order chi connectivity index (χ0) is 11.5. The second kappa shape index (κ2) is 4.61. The molecule has 1 atom stereocenters. The average Bonchev–Trinajstić information content (AvgIpc) is 2.29. The quantitative estimate of drug-likeness (QED) is 0.767. The van der Waals surface area contributed by atoms with E-state index in [1.54, 1.807) is 17.2 Å². The molecular formula is C12H16N2O2. The summed E-state index contributed by atoms with van der Waals surface area (Å²) in [4.78, 5) is 17.8. The van der Waals surface area contributed by atoms with Crippen LogP contribution in [0.15, 0.2) is 18.3 Å². The third kappa shape index (κ3) is 2.39. The Bertz CT molecular complexity index is 375. The van der Waals surface area contributed by atoms with E-state index in [-0.39, 0.29) is 12.0 Å². The summed E-state index contributed by atoms with van der Waals surface area (Å²) in [5.41, 5.74) is 1.50. The number of hydrogen-bond acceptors (Lipinski definition) is 3. The van der Waals surface area contributed by atoms with Crippen LogP contribution in [0, 0.1) is 6.92 Å². The van der Waals surface area contributed by atoms with Gasteiger partial charge in [-0.1, -0.05) is 0 Å². The standard InChI is InChI=1S/C12H16N2O2/c1-9-4-5-10(7-13-9)12(16)14-6-2-3-11(15)8-14/h4-5,7,11,15H,2-3,6,8H2,1H3. The predicted molar refractivity (Wildman–Crippen MR) is 60.1 cm³/mol. The number of nitrogens with zero attached hydrogens (tertiary/aromatic N) is 2. The van der Waals surface area contributed by atoms with Gasteiger partial charge in [0.1, 0.15) is 0 Å². The number of aliphatic hydroxyl groups excluding tert-OH is 1. The molecule has 2 rings (SSSR count). The third-order valence-electron chi connectivity index (χ3n) is 2.84. The minimum Gasteiger partial charge on any atom is -0.391 e. The number of piperidine rings is 1. The van der Waals surface area contributed by atoms with Gasteiger partial charge in [0.2, 0.25) is 0 Å². The number of aryl methyl sites for hydroxylation is 1. The largest absolute Gasteiger partial charge is 0.391 e. The highest BCUT2D eigenvalue weighted by molar-refractivity contribution is 5.94. The van der Waals surface area contributed by atoms with Crippen molar-refractivity contribution < 1.29 is 9.90 Å². The molecule has 1 aliphatic heterocycles. The lowest BCUT2D eigenvalue weighted by Gasteiger charge is -2.30. The molecular weight excluding hydrogens is 204 g/mol. The highest BCUT2D eigenvalue weighted by atomic mass is 16.3. The van der Waals surface area contributed by atoms with Crippen LogP contribution in [0.2, 0.25) is 0 Å². The van der Waals surface area contributed by atoms with Crippen LogP contribution in [0.25, 0.3) is 0 Å². The Balaban J connectivity index is 2.09. The van der Waals surface area contributed by atoms with E-state index in [9.17, 15) is 9.90 Å². The second-order valence-electron chi connectivity index (χ2n) is 4.24. The maximum atomic E-state index is 12.0. The number of hydrogen-bond donors (Lipinski definition) is 1. The Morgan fingerprint density at radius 3 is 3.00 bits per heavy atom. The zero-order valence-electron chi connectivity index (χ0n) is 9.39. The summed E-state index contributed by atoms with van der Waals surface area (Å²) >= 11 is 0. The molecule has 1 unspecified atom stereocenters. The van der Waals surface area contributed by atoms with Gasteiger partial charge >= 0.3 is 0 Å². The fourth-order valence-electron chi connectivity index (χ4n) is 1.92. The molecule has 86 valence electrons. The zero-order valence-corrected chi connectivity index (χ0v) is 9.39. The van der Waals surface area contributed by atoms with Gasteiger partial charge in [0, 0.05) is 25.0 Å². The summed E-state index contributed by atoms with van der Waals surface area (Å²) in [6, 6.07) is 3.61. The summed E-state index contributed by atoms with van der Waals surface area (Å²) in [5.74, 6) is -0.0359. The first-order valence-electron chi connectivity index (χ1n) is 5.57. The fourth-order valence-corrected chi connectivity index (χ4v) is 1.92. The molecule has 1 N–H and O–H groups in total. The number of pyridine rings is 1. The van der Waals surface area contributed by atoms with Crippen molar-refractivity contribution in [3.63, 3.8) is 0 Å². The number of rotatable bonds is 1. The van der Waals surface area contributed by atoms with Crippen LogP contribution in [-0.4, -0.2) is 40.1 Å². The summed E-state index contributed by atoms with van der Waals surface area (Å²) in [7, 11) is 0. The molecule has 1 saturated heterocycles. The Labute approximate surface area is 94.9 Å². The van der Waals surface area contributed by atoms with Gasteiger partial charge in [-0.2, -0.15) is 0 Å². The molecule has 4 nitrogen and oxygen atoms in total. The van der Waals surface area contributed by atoms with Crippen molar-refractivity contribution in [2.45, 2.75) is 25.9 Å². The topological polar surface area (TPSA) is 53.4 Å². The first kappa shape index (κ1) is 11.1. The van der Waals surface area contributed by atoms with E-state index in [0.717, 1.165) is 25.1 Å². The molecule has 1 aliphatic rings. The summed E-state index contributed by atoms with van der Waals surface area (Å²) in [5, 5.41) is 9.51. The first-order valence-corrected chi connectivity index (χ1v) is 5.57. The number of carbonyl (C=O) groups is 1. The lowest BCUT2D eigenvalue weighted by atomic mass is 10.1.